The molecular weight excluding hydrogens is 378 g/mol. The van der Waals surface area contributed by atoms with Crippen LogP contribution in [0.5, 0.6) is 5.88 Å². The predicted molar refractivity (Wildman–Crippen MR) is 112 cm³/mol. The number of rotatable bonds is 5. The Bertz CT molecular complexity index is 901. The van der Waals surface area contributed by atoms with Gasteiger partial charge in [-0.25, -0.2) is 13.4 Å². The Kier molecular flexibility index (Phi) is 6.10. The topological polar surface area (TPSA) is 80.8 Å². The highest BCUT2D eigenvalue weighted by atomic mass is 32.2. The number of nitrogens with one attached hydrogen (secondary N) is 1. The first-order valence-electron chi connectivity index (χ1n) is 9.29. The van der Waals surface area contributed by atoms with E-state index in [2.05, 4.69) is 21.5 Å². The van der Waals surface area contributed by atoms with Gasteiger partial charge in [0.2, 0.25) is 16.8 Å². The molecule has 1 aromatic carbocycles. The van der Waals surface area contributed by atoms with Crippen LogP contribution >= 0.6 is 0 Å². The van der Waals surface area contributed by atoms with Crippen LogP contribution in [0.2, 0.25) is 0 Å². The van der Waals surface area contributed by atoms with Crippen molar-refractivity contribution in [2.45, 2.75) is 39.3 Å². The number of para-hydroxylation sites is 1. The van der Waals surface area contributed by atoms with Crippen LogP contribution in [0.4, 0.5) is 11.4 Å². The standard InChI is InChI=1S/C20H27N3O4S/c1-14-13-26-10-9-23(14)15-11-18(21-19(12-15)27-20(2,3)4)16-7-5-6-8-17(16)22-28(24)25/h5-8,11-12,14,28H,9-10,13H2,1-4H3,(H,22,24,25)/t14-/m1/s1. The molecule has 8 heteroatoms. The first-order chi connectivity index (χ1) is 13.2. The third-order valence-electron chi connectivity index (χ3n) is 4.31. The van der Waals surface area contributed by atoms with Gasteiger partial charge in [-0.3, -0.25) is 4.72 Å². The van der Waals surface area contributed by atoms with E-state index in [1.165, 1.54) is 0 Å². The lowest BCUT2D eigenvalue weighted by Gasteiger charge is -2.35. The van der Waals surface area contributed by atoms with Crippen molar-refractivity contribution >= 4 is 22.3 Å². The van der Waals surface area contributed by atoms with E-state index in [1.807, 2.05) is 45.0 Å². The molecule has 7 nitrogen and oxygen atoms in total. The van der Waals surface area contributed by atoms with Crippen LogP contribution in [0.1, 0.15) is 27.7 Å². The highest BCUT2D eigenvalue weighted by Crippen LogP contribution is 2.33. The van der Waals surface area contributed by atoms with E-state index in [4.69, 9.17) is 9.47 Å². The lowest BCUT2D eigenvalue weighted by Crippen LogP contribution is -2.43. The zero-order chi connectivity index (χ0) is 20.3. The maximum Gasteiger partial charge on any atom is 0.222 e. The molecule has 1 aliphatic heterocycles. The number of thiol groups is 1. The van der Waals surface area contributed by atoms with Gasteiger partial charge in [-0.2, -0.15) is 0 Å². The molecule has 2 aromatic rings. The van der Waals surface area contributed by atoms with Gasteiger partial charge in [0.05, 0.1) is 24.6 Å². The zero-order valence-corrected chi connectivity index (χ0v) is 17.5. The quantitative estimate of drug-likeness (QED) is 0.744. The summed E-state index contributed by atoms with van der Waals surface area (Å²) in [6.45, 7) is 10.1. The largest absolute Gasteiger partial charge is 0.472 e. The zero-order valence-electron chi connectivity index (χ0n) is 16.6. The lowest BCUT2D eigenvalue weighted by atomic mass is 10.1. The molecule has 0 aliphatic carbocycles. The van der Waals surface area contributed by atoms with Crippen molar-refractivity contribution in [3.05, 3.63) is 36.4 Å². The van der Waals surface area contributed by atoms with Gasteiger partial charge in [0.25, 0.3) is 0 Å². The average molecular weight is 406 g/mol. The Balaban J connectivity index is 2.10. The molecule has 1 aliphatic rings. The smallest absolute Gasteiger partial charge is 0.222 e. The van der Waals surface area contributed by atoms with Crippen molar-refractivity contribution < 1.29 is 17.9 Å². The Morgan fingerprint density at radius 2 is 2.00 bits per heavy atom. The fraction of sp³-hybridized carbons (Fsp3) is 0.450. The summed E-state index contributed by atoms with van der Waals surface area (Å²) in [5.41, 5.74) is 2.40. The Morgan fingerprint density at radius 1 is 1.25 bits per heavy atom. The van der Waals surface area contributed by atoms with Gasteiger partial charge in [0.15, 0.2) is 0 Å². The first kappa shape index (κ1) is 20.4. The van der Waals surface area contributed by atoms with E-state index in [0.29, 0.717) is 36.0 Å². The van der Waals surface area contributed by atoms with Crippen LogP contribution in [0.25, 0.3) is 11.3 Å². The summed E-state index contributed by atoms with van der Waals surface area (Å²) in [7, 11) is -2.78. The number of pyridine rings is 1. The maximum atomic E-state index is 11.2. The second-order valence-corrected chi connectivity index (χ2v) is 8.53. The van der Waals surface area contributed by atoms with Crippen molar-refractivity contribution in [2.75, 3.05) is 29.4 Å². The maximum absolute atomic E-state index is 11.2. The molecule has 2 heterocycles. The fourth-order valence-corrected chi connectivity index (χ4v) is 3.57. The summed E-state index contributed by atoms with van der Waals surface area (Å²) < 4.78 is 36.5. The molecule has 28 heavy (non-hydrogen) atoms. The molecule has 0 bridgehead atoms. The Morgan fingerprint density at radius 3 is 2.68 bits per heavy atom. The van der Waals surface area contributed by atoms with Crippen molar-refractivity contribution in [1.82, 2.24) is 4.98 Å². The minimum absolute atomic E-state index is 0.218. The highest BCUT2D eigenvalue weighted by molar-refractivity contribution is 7.73. The van der Waals surface area contributed by atoms with Crippen LogP contribution in [-0.4, -0.2) is 44.8 Å². The summed E-state index contributed by atoms with van der Waals surface area (Å²) in [5, 5.41) is 0. The molecule has 0 saturated carbocycles. The number of anilines is 2. The molecule has 0 spiro atoms. The van der Waals surface area contributed by atoms with Gasteiger partial charge in [-0.1, -0.05) is 18.2 Å². The van der Waals surface area contributed by atoms with Crippen molar-refractivity contribution in [1.29, 1.82) is 0 Å². The Hall–Kier alpha value is -2.32. The van der Waals surface area contributed by atoms with E-state index in [1.54, 1.807) is 12.1 Å². The summed E-state index contributed by atoms with van der Waals surface area (Å²) in [5.74, 6) is 0.500. The second-order valence-electron chi connectivity index (χ2n) is 7.80. The van der Waals surface area contributed by atoms with E-state index in [9.17, 15) is 8.42 Å². The summed E-state index contributed by atoms with van der Waals surface area (Å²) in [6, 6.07) is 11.3. The van der Waals surface area contributed by atoms with Gasteiger partial charge >= 0.3 is 0 Å². The first-order valence-corrected chi connectivity index (χ1v) is 10.5. The minimum atomic E-state index is -2.78. The van der Waals surface area contributed by atoms with Gasteiger partial charge < -0.3 is 14.4 Å². The second kappa shape index (κ2) is 8.36. The molecule has 0 amide bonds. The number of aromatic nitrogens is 1. The average Bonchev–Trinajstić information content (AvgIpc) is 2.60. The third kappa shape index (κ3) is 5.14. The number of hydrogen-bond donors (Lipinski definition) is 2. The third-order valence-corrected chi connectivity index (χ3v) is 4.73. The normalized spacial score (nSPS) is 17.6. The van der Waals surface area contributed by atoms with Crippen LogP contribution in [0.3, 0.4) is 0 Å². The fourth-order valence-electron chi connectivity index (χ4n) is 3.17. The molecule has 152 valence electrons. The van der Waals surface area contributed by atoms with Gasteiger partial charge in [0, 0.05) is 29.9 Å². The number of hydrogen-bond acceptors (Lipinski definition) is 6. The van der Waals surface area contributed by atoms with Crippen molar-refractivity contribution in [3.8, 4) is 17.1 Å². The molecule has 1 fully saturated rings. The molecule has 3 rings (SSSR count). The van der Waals surface area contributed by atoms with Gasteiger partial charge in [-0.15, -0.1) is 0 Å². The van der Waals surface area contributed by atoms with E-state index >= 15 is 0 Å². The molecule has 1 saturated heterocycles. The SMILES string of the molecule is C[C@@H]1COCCN1c1cc(OC(C)(C)C)nc(-c2ccccc2N[SH](=O)=O)c1. The number of benzene rings is 1. The highest BCUT2D eigenvalue weighted by Gasteiger charge is 2.22. The number of nitrogens with zero attached hydrogens (tertiary/aromatic N) is 2. The Labute approximate surface area is 167 Å². The lowest BCUT2D eigenvalue weighted by molar-refractivity contribution is 0.0986. The van der Waals surface area contributed by atoms with E-state index in [0.717, 1.165) is 12.2 Å². The summed E-state index contributed by atoms with van der Waals surface area (Å²) >= 11 is 0. The monoisotopic (exact) mass is 405 g/mol. The molecule has 0 radical (unpaired) electrons. The summed E-state index contributed by atoms with van der Waals surface area (Å²) in [6.07, 6.45) is 0. The van der Waals surface area contributed by atoms with Crippen LogP contribution in [0.15, 0.2) is 36.4 Å². The molecule has 1 aromatic heterocycles. The van der Waals surface area contributed by atoms with Gasteiger partial charge in [0.1, 0.15) is 5.60 Å². The molecule has 1 N–H and O–H groups in total. The van der Waals surface area contributed by atoms with Gasteiger partial charge in [-0.05, 0) is 39.8 Å². The van der Waals surface area contributed by atoms with Crippen LogP contribution in [0, 0.1) is 0 Å². The predicted octanol–water partition coefficient (Wildman–Crippen LogP) is 3.09. The summed E-state index contributed by atoms with van der Waals surface area (Å²) in [4.78, 5) is 6.92. The number of ether oxygens (including phenoxy) is 2. The van der Waals surface area contributed by atoms with Crippen LogP contribution < -0.4 is 14.4 Å². The minimum Gasteiger partial charge on any atom is -0.472 e. The van der Waals surface area contributed by atoms with Crippen molar-refractivity contribution in [2.24, 2.45) is 0 Å². The van der Waals surface area contributed by atoms with E-state index < -0.39 is 16.5 Å². The van der Waals surface area contributed by atoms with Crippen LogP contribution in [-0.2, 0) is 15.6 Å². The molecule has 0 unspecified atom stereocenters. The van der Waals surface area contributed by atoms with Crippen molar-refractivity contribution in [3.63, 3.8) is 0 Å². The number of morpholine rings is 1. The molecule has 1 atom stereocenters. The molecular formula is C20H27N3O4S. The van der Waals surface area contributed by atoms with E-state index in [-0.39, 0.29) is 6.04 Å².